The fourth-order valence-electron chi connectivity index (χ4n) is 4.05. The van der Waals surface area contributed by atoms with Crippen molar-refractivity contribution < 1.29 is 24.7 Å². The molecule has 8 nitrogen and oxygen atoms in total. The van der Waals surface area contributed by atoms with Gasteiger partial charge in [-0.05, 0) is 11.1 Å². The maximum atomic E-state index is 13.2. The van der Waals surface area contributed by atoms with E-state index in [1.807, 2.05) is 30.3 Å². The van der Waals surface area contributed by atoms with Gasteiger partial charge in [0.15, 0.2) is 11.8 Å². The van der Waals surface area contributed by atoms with Crippen LogP contribution >= 0.6 is 0 Å². The van der Waals surface area contributed by atoms with E-state index in [9.17, 15) is 24.7 Å². The number of nitrogens with one attached hydrogen (secondary N) is 1. The van der Waals surface area contributed by atoms with Gasteiger partial charge >= 0.3 is 5.97 Å². The van der Waals surface area contributed by atoms with Crippen molar-refractivity contribution in [3.63, 3.8) is 0 Å². The quantitative estimate of drug-likeness (QED) is 0.203. The van der Waals surface area contributed by atoms with Gasteiger partial charge in [0.1, 0.15) is 6.04 Å². The molecule has 1 aliphatic rings. The number of carboxylic acids is 1. The molecule has 0 bridgehead atoms. The molecule has 1 saturated heterocycles. The molecule has 3 aromatic carbocycles. The van der Waals surface area contributed by atoms with Crippen LogP contribution in [0.1, 0.15) is 22.7 Å². The Kier molecular flexibility index (Phi) is 7.02. The lowest BCUT2D eigenvalue weighted by atomic mass is 9.88. The standard InChI is InChI=1S/C27H23N3O5/c31-25(22(29-35)19-12-6-2-7-13-19)28-23-21(17-16-18-10-4-1-5-11-18)30(26(23)32)24(27(33)34)20-14-8-3-9-15-20/h1-17,21,23-24,35H,(H,28,31)(H,33,34)/b17-16+,29-22+. The van der Waals surface area contributed by atoms with Gasteiger partial charge in [-0.15, -0.1) is 0 Å². The van der Waals surface area contributed by atoms with Gasteiger partial charge in [-0.3, -0.25) is 9.59 Å². The summed E-state index contributed by atoms with van der Waals surface area (Å²) in [5, 5.41) is 25.1. The van der Waals surface area contributed by atoms with Crippen LogP contribution in [0.15, 0.2) is 102 Å². The Morgan fingerprint density at radius 3 is 2.06 bits per heavy atom. The van der Waals surface area contributed by atoms with Crippen molar-refractivity contribution in [1.29, 1.82) is 0 Å². The van der Waals surface area contributed by atoms with E-state index in [0.29, 0.717) is 11.1 Å². The van der Waals surface area contributed by atoms with Gasteiger partial charge in [-0.2, -0.15) is 0 Å². The second-order valence-corrected chi connectivity index (χ2v) is 7.92. The normalized spacial score (nSPS) is 18.7. The van der Waals surface area contributed by atoms with Gasteiger partial charge in [0.25, 0.3) is 5.91 Å². The molecule has 0 radical (unpaired) electrons. The molecule has 0 aliphatic carbocycles. The van der Waals surface area contributed by atoms with Crippen LogP contribution in [0, 0.1) is 0 Å². The van der Waals surface area contributed by atoms with Crippen LogP contribution < -0.4 is 5.32 Å². The molecule has 1 aliphatic heterocycles. The Hall–Kier alpha value is -4.72. The van der Waals surface area contributed by atoms with E-state index in [1.165, 1.54) is 4.90 Å². The van der Waals surface area contributed by atoms with Crippen molar-refractivity contribution in [2.75, 3.05) is 0 Å². The average molecular weight is 469 g/mol. The van der Waals surface area contributed by atoms with Crippen LogP contribution in [0.2, 0.25) is 0 Å². The van der Waals surface area contributed by atoms with Crippen LogP contribution in [0.5, 0.6) is 0 Å². The van der Waals surface area contributed by atoms with Crippen molar-refractivity contribution in [1.82, 2.24) is 10.2 Å². The molecule has 1 fully saturated rings. The monoisotopic (exact) mass is 469 g/mol. The van der Waals surface area contributed by atoms with Gasteiger partial charge in [-0.25, -0.2) is 4.79 Å². The predicted molar refractivity (Wildman–Crippen MR) is 130 cm³/mol. The van der Waals surface area contributed by atoms with E-state index in [4.69, 9.17) is 0 Å². The second kappa shape index (κ2) is 10.5. The third kappa shape index (κ3) is 4.96. The number of hydrogen-bond donors (Lipinski definition) is 3. The maximum absolute atomic E-state index is 13.2. The number of carbonyl (C=O) groups is 3. The number of amides is 2. The first kappa shape index (κ1) is 23.4. The first-order valence-corrected chi connectivity index (χ1v) is 10.9. The summed E-state index contributed by atoms with van der Waals surface area (Å²) in [5.74, 6) is -2.49. The number of oxime groups is 1. The minimum Gasteiger partial charge on any atom is -0.479 e. The molecule has 3 atom stereocenters. The highest BCUT2D eigenvalue weighted by Gasteiger charge is 2.52. The van der Waals surface area contributed by atoms with Gasteiger partial charge in [-0.1, -0.05) is 108 Å². The first-order chi connectivity index (χ1) is 17.0. The number of benzene rings is 3. The van der Waals surface area contributed by atoms with E-state index in [1.54, 1.807) is 72.8 Å². The first-order valence-electron chi connectivity index (χ1n) is 10.9. The molecule has 35 heavy (non-hydrogen) atoms. The summed E-state index contributed by atoms with van der Waals surface area (Å²) >= 11 is 0. The maximum Gasteiger partial charge on any atom is 0.331 e. The second-order valence-electron chi connectivity index (χ2n) is 7.92. The Morgan fingerprint density at radius 1 is 0.914 bits per heavy atom. The third-order valence-electron chi connectivity index (χ3n) is 5.74. The molecule has 0 saturated carbocycles. The number of nitrogens with zero attached hydrogens (tertiary/aromatic N) is 2. The van der Waals surface area contributed by atoms with E-state index < -0.39 is 35.9 Å². The smallest absolute Gasteiger partial charge is 0.331 e. The molecular formula is C27H23N3O5. The Bertz CT molecular complexity index is 1260. The van der Waals surface area contributed by atoms with Crippen molar-refractivity contribution in [2.45, 2.75) is 18.1 Å². The average Bonchev–Trinajstić information content (AvgIpc) is 2.89. The summed E-state index contributed by atoms with van der Waals surface area (Å²) in [5.41, 5.74) is 1.42. The molecular weight excluding hydrogens is 446 g/mol. The Labute approximate surface area is 201 Å². The highest BCUT2D eigenvalue weighted by molar-refractivity contribution is 6.45. The van der Waals surface area contributed by atoms with Crippen molar-refractivity contribution in [2.24, 2.45) is 5.16 Å². The van der Waals surface area contributed by atoms with E-state index >= 15 is 0 Å². The van der Waals surface area contributed by atoms with Crippen LogP contribution in [0.4, 0.5) is 0 Å². The number of hydrogen-bond acceptors (Lipinski definition) is 5. The fourth-order valence-corrected chi connectivity index (χ4v) is 4.05. The van der Waals surface area contributed by atoms with Gasteiger partial charge in [0.2, 0.25) is 5.91 Å². The number of carbonyl (C=O) groups excluding carboxylic acids is 2. The molecule has 3 unspecified atom stereocenters. The van der Waals surface area contributed by atoms with E-state index in [-0.39, 0.29) is 5.71 Å². The molecule has 2 amide bonds. The number of likely N-dealkylation sites (tertiary alicyclic amines) is 1. The molecule has 3 aromatic rings. The number of carboxylic acid groups (broad SMARTS) is 1. The van der Waals surface area contributed by atoms with Crippen LogP contribution in [0.25, 0.3) is 6.08 Å². The van der Waals surface area contributed by atoms with Crippen LogP contribution in [0.3, 0.4) is 0 Å². The molecule has 1 heterocycles. The topological polar surface area (TPSA) is 119 Å². The predicted octanol–water partition coefficient (Wildman–Crippen LogP) is 3.10. The Balaban J connectivity index is 1.64. The fraction of sp³-hybridized carbons (Fsp3) is 0.111. The van der Waals surface area contributed by atoms with Gasteiger partial charge < -0.3 is 20.5 Å². The summed E-state index contributed by atoms with van der Waals surface area (Å²) in [6.07, 6.45) is 3.46. The van der Waals surface area contributed by atoms with Gasteiger partial charge in [0.05, 0.1) is 6.04 Å². The zero-order chi connectivity index (χ0) is 24.8. The summed E-state index contributed by atoms with van der Waals surface area (Å²) in [7, 11) is 0. The number of aliphatic carboxylic acids is 1. The summed E-state index contributed by atoms with van der Waals surface area (Å²) in [4.78, 5) is 39.6. The van der Waals surface area contributed by atoms with E-state index in [2.05, 4.69) is 10.5 Å². The number of β-lactam (4-membered cyclic amide) rings is 1. The molecule has 0 spiro atoms. The largest absolute Gasteiger partial charge is 0.479 e. The zero-order valence-corrected chi connectivity index (χ0v) is 18.6. The van der Waals surface area contributed by atoms with Crippen molar-refractivity contribution >= 4 is 29.6 Å². The zero-order valence-electron chi connectivity index (χ0n) is 18.6. The lowest BCUT2D eigenvalue weighted by Crippen LogP contribution is -2.71. The minimum atomic E-state index is -1.23. The van der Waals surface area contributed by atoms with Crippen molar-refractivity contribution in [3.05, 3.63) is 114 Å². The molecule has 0 aromatic heterocycles. The molecule has 3 N–H and O–H groups in total. The lowest BCUT2D eigenvalue weighted by molar-refractivity contribution is -0.164. The number of rotatable bonds is 8. The SMILES string of the molecule is O=C(NC1C(=O)N(C(C(=O)O)c2ccccc2)C1/C=C/c1ccccc1)/C(=N/O)c1ccccc1. The Morgan fingerprint density at radius 2 is 1.49 bits per heavy atom. The minimum absolute atomic E-state index is 0.250. The van der Waals surface area contributed by atoms with Gasteiger partial charge in [0, 0.05) is 5.56 Å². The lowest BCUT2D eigenvalue weighted by Gasteiger charge is -2.48. The van der Waals surface area contributed by atoms with Crippen molar-refractivity contribution in [3.8, 4) is 0 Å². The van der Waals surface area contributed by atoms with Crippen LogP contribution in [-0.2, 0) is 14.4 Å². The summed E-state index contributed by atoms with van der Waals surface area (Å²) in [6.45, 7) is 0. The highest BCUT2D eigenvalue weighted by Crippen LogP contribution is 2.33. The molecule has 176 valence electrons. The molecule has 4 rings (SSSR count). The highest BCUT2D eigenvalue weighted by atomic mass is 16.4. The van der Waals surface area contributed by atoms with Crippen LogP contribution in [-0.4, -0.2) is 50.8 Å². The summed E-state index contributed by atoms with van der Waals surface area (Å²) in [6, 6.07) is 23.1. The molecule has 8 heteroatoms. The third-order valence-corrected chi connectivity index (χ3v) is 5.74. The van der Waals surface area contributed by atoms with E-state index in [0.717, 1.165) is 5.56 Å². The summed E-state index contributed by atoms with van der Waals surface area (Å²) < 4.78 is 0.